The fourth-order valence-corrected chi connectivity index (χ4v) is 2.36. The van der Waals surface area contributed by atoms with Crippen molar-refractivity contribution in [1.82, 2.24) is 10.4 Å². The van der Waals surface area contributed by atoms with Crippen LogP contribution >= 0.6 is 11.3 Å². The maximum Gasteiger partial charge on any atom is 0.282 e. The Kier molecular flexibility index (Phi) is 4.53. The third-order valence-electron chi connectivity index (χ3n) is 2.73. The normalized spacial score (nSPS) is 10.3. The highest BCUT2D eigenvalue weighted by Gasteiger charge is 2.22. The molecule has 1 aromatic carbocycles. The minimum absolute atomic E-state index is 0.128. The molecule has 0 atom stereocenters. The van der Waals surface area contributed by atoms with E-state index < -0.39 is 0 Å². The van der Waals surface area contributed by atoms with Crippen LogP contribution in [0.5, 0.6) is 0 Å². The van der Waals surface area contributed by atoms with Gasteiger partial charge in [-0.25, -0.2) is 5.01 Å². The first kappa shape index (κ1) is 14.3. The van der Waals surface area contributed by atoms with Gasteiger partial charge in [0.05, 0.1) is 4.88 Å². The first-order valence-corrected chi connectivity index (χ1v) is 7.20. The van der Waals surface area contributed by atoms with Crippen molar-refractivity contribution in [3.63, 3.8) is 0 Å². The Labute approximate surface area is 122 Å². The van der Waals surface area contributed by atoms with Crippen molar-refractivity contribution in [2.45, 2.75) is 19.9 Å². The summed E-state index contributed by atoms with van der Waals surface area (Å²) in [5.74, 6) is -0.483. The molecule has 2 amide bonds. The molecular weight excluding hydrogens is 272 g/mol. The van der Waals surface area contributed by atoms with E-state index in [1.54, 1.807) is 30.3 Å². The van der Waals surface area contributed by atoms with Crippen molar-refractivity contribution >= 4 is 23.2 Å². The highest BCUT2D eigenvalue weighted by atomic mass is 32.1. The van der Waals surface area contributed by atoms with E-state index in [4.69, 9.17) is 0 Å². The van der Waals surface area contributed by atoms with E-state index in [2.05, 4.69) is 5.43 Å². The Hall–Kier alpha value is -2.14. The van der Waals surface area contributed by atoms with Gasteiger partial charge in [0, 0.05) is 11.6 Å². The molecule has 1 aromatic heterocycles. The molecule has 1 heterocycles. The third kappa shape index (κ3) is 3.24. The molecule has 2 aromatic rings. The van der Waals surface area contributed by atoms with Crippen LogP contribution in [-0.2, 0) is 0 Å². The molecule has 4 nitrogen and oxygen atoms in total. The van der Waals surface area contributed by atoms with Crippen LogP contribution in [0.1, 0.15) is 33.9 Å². The van der Waals surface area contributed by atoms with E-state index in [1.165, 1.54) is 16.3 Å². The van der Waals surface area contributed by atoms with Crippen molar-refractivity contribution in [2.75, 3.05) is 0 Å². The predicted molar refractivity (Wildman–Crippen MR) is 79.5 cm³/mol. The Morgan fingerprint density at radius 3 is 2.35 bits per heavy atom. The molecule has 20 heavy (non-hydrogen) atoms. The van der Waals surface area contributed by atoms with E-state index in [1.807, 2.05) is 31.4 Å². The summed E-state index contributed by atoms with van der Waals surface area (Å²) in [4.78, 5) is 25.1. The standard InChI is InChI=1S/C15H16N2O2S/c1-11(2)17(15(19)13-9-6-10-20-13)16-14(18)12-7-4-3-5-8-12/h3-11H,1-2H3,(H,16,18). The number of thiophene rings is 1. The highest BCUT2D eigenvalue weighted by Crippen LogP contribution is 2.13. The number of amides is 2. The van der Waals surface area contributed by atoms with Gasteiger partial charge in [0.25, 0.3) is 11.8 Å². The molecular formula is C15H16N2O2S. The fraction of sp³-hybridized carbons (Fsp3) is 0.200. The number of hydrogen-bond acceptors (Lipinski definition) is 3. The van der Waals surface area contributed by atoms with Gasteiger partial charge in [-0.1, -0.05) is 24.3 Å². The van der Waals surface area contributed by atoms with Gasteiger partial charge in [-0.05, 0) is 37.4 Å². The van der Waals surface area contributed by atoms with Crippen LogP contribution in [0.4, 0.5) is 0 Å². The molecule has 5 heteroatoms. The maximum atomic E-state index is 12.3. The number of nitrogens with one attached hydrogen (secondary N) is 1. The smallest absolute Gasteiger partial charge is 0.267 e. The zero-order valence-corrected chi connectivity index (χ0v) is 12.2. The molecule has 1 N–H and O–H groups in total. The summed E-state index contributed by atoms with van der Waals surface area (Å²) in [5, 5.41) is 3.20. The molecule has 0 spiro atoms. The van der Waals surface area contributed by atoms with Gasteiger partial charge < -0.3 is 0 Å². The average Bonchev–Trinajstić information content (AvgIpc) is 2.98. The molecule has 0 saturated heterocycles. The Morgan fingerprint density at radius 2 is 1.80 bits per heavy atom. The number of hydrazine groups is 1. The van der Waals surface area contributed by atoms with E-state index in [0.29, 0.717) is 10.4 Å². The summed E-state index contributed by atoms with van der Waals surface area (Å²) in [6, 6.07) is 12.3. The molecule has 0 fully saturated rings. The van der Waals surface area contributed by atoms with Gasteiger partial charge in [0.15, 0.2) is 0 Å². The Morgan fingerprint density at radius 1 is 1.10 bits per heavy atom. The van der Waals surface area contributed by atoms with Gasteiger partial charge in [0.1, 0.15) is 0 Å². The summed E-state index contributed by atoms with van der Waals surface area (Å²) in [6.45, 7) is 3.72. The van der Waals surface area contributed by atoms with Crippen LogP contribution in [0.15, 0.2) is 47.8 Å². The lowest BCUT2D eigenvalue weighted by atomic mass is 10.2. The van der Waals surface area contributed by atoms with Gasteiger partial charge in [0.2, 0.25) is 0 Å². The zero-order chi connectivity index (χ0) is 14.5. The molecule has 0 bridgehead atoms. The monoisotopic (exact) mass is 288 g/mol. The molecule has 0 radical (unpaired) electrons. The molecule has 0 unspecified atom stereocenters. The van der Waals surface area contributed by atoms with Crippen LogP contribution in [0.25, 0.3) is 0 Å². The van der Waals surface area contributed by atoms with Crippen LogP contribution < -0.4 is 5.43 Å². The first-order chi connectivity index (χ1) is 9.59. The van der Waals surface area contributed by atoms with Gasteiger partial charge in [-0.15, -0.1) is 11.3 Å². The van der Waals surface area contributed by atoms with Crippen molar-refractivity contribution < 1.29 is 9.59 Å². The Balaban J connectivity index is 2.14. The van der Waals surface area contributed by atoms with Crippen LogP contribution in [0, 0.1) is 0 Å². The van der Waals surface area contributed by atoms with Crippen LogP contribution in [0.3, 0.4) is 0 Å². The van der Waals surface area contributed by atoms with Crippen LogP contribution in [0.2, 0.25) is 0 Å². The summed E-state index contributed by atoms with van der Waals surface area (Å²) in [7, 11) is 0. The average molecular weight is 288 g/mol. The van der Waals surface area contributed by atoms with Gasteiger partial charge >= 0.3 is 0 Å². The largest absolute Gasteiger partial charge is 0.282 e. The van der Waals surface area contributed by atoms with Crippen molar-refractivity contribution in [3.05, 3.63) is 58.3 Å². The number of benzene rings is 1. The molecule has 0 aliphatic carbocycles. The molecule has 0 aliphatic rings. The minimum atomic E-state index is -0.288. The summed E-state index contributed by atoms with van der Waals surface area (Å²) < 4.78 is 0. The molecule has 0 saturated carbocycles. The van der Waals surface area contributed by atoms with Crippen molar-refractivity contribution in [2.24, 2.45) is 0 Å². The van der Waals surface area contributed by atoms with Crippen molar-refractivity contribution in [1.29, 1.82) is 0 Å². The predicted octanol–water partition coefficient (Wildman–Crippen LogP) is 2.94. The minimum Gasteiger partial charge on any atom is -0.267 e. The zero-order valence-electron chi connectivity index (χ0n) is 11.4. The van der Waals surface area contributed by atoms with E-state index >= 15 is 0 Å². The third-order valence-corrected chi connectivity index (χ3v) is 3.58. The van der Waals surface area contributed by atoms with Gasteiger partial charge in [-0.2, -0.15) is 0 Å². The fourth-order valence-electron chi connectivity index (χ4n) is 1.70. The Bertz CT molecular complexity index is 579. The maximum absolute atomic E-state index is 12.3. The molecule has 104 valence electrons. The van der Waals surface area contributed by atoms with E-state index in [-0.39, 0.29) is 17.9 Å². The number of carbonyl (C=O) groups is 2. The quantitative estimate of drug-likeness (QED) is 0.883. The number of hydrogen-bond donors (Lipinski definition) is 1. The number of rotatable bonds is 3. The number of nitrogens with zero attached hydrogens (tertiary/aromatic N) is 1. The van der Waals surface area contributed by atoms with Crippen LogP contribution in [-0.4, -0.2) is 22.9 Å². The topological polar surface area (TPSA) is 49.4 Å². The van der Waals surface area contributed by atoms with Gasteiger partial charge in [-0.3, -0.25) is 15.0 Å². The SMILES string of the molecule is CC(C)N(NC(=O)c1ccccc1)C(=O)c1cccs1. The summed E-state index contributed by atoms with van der Waals surface area (Å²) in [5.41, 5.74) is 3.20. The molecule has 2 rings (SSSR count). The van der Waals surface area contributed by atoms with E-state index in [0.717, 1.165) is 0 Å². The van der Waals surface area contributed by atoms with E-state index in [9.17, 15) is 9.59 Å². The summed E-state index contributed by atoms with van der Waals surface area (Å²) in [6.07, 6.45) is 0. The number of carbonyl (C=O) groups excluding carboxylic acids is 2. The first-order valence-electron chi connectivity index (χ1n) is 6.32. The molecule has 0 aliphatic heterocycles. The lowest BCUT2D eigenvalue weighted by Gasteiger charge is -2.26. The lowest BCUT2D eigenvalue weighted by molar-refractivity contribution is 0.0520. The second kappa shape index (κ2) is 6.34. The second-order valence-electron chi connectivity index (χ2n) is 4.55. The summed E-state index contributed by atoms with van der Waals surface area (Å²) >= 11 is 1.36. The second-order valence-corrected chi connectivity index (χ2v) is 5.50. The lowest BCUT2D eigenvalue weighted by Crippen LogP contribution is -2.49. The highest BCUT2D eigenvalue weighted by molar-refractivity contribution is 7.12. The van der Waals surface area contributed by atoms with Crippen molar-refractivity contribution in [3.8, 4) is 0 Å².